The lowest BCUT2D eigenvalue weighted by Gasteiger charge is -2.12. The molecule has 2 N–H and O–H groups in total. The molecule has 0 aromatic carbocycles. The van der Waals surface area contributed by atoms with Crippen LogP contribution in [0.3, 0.4) is 0 Å². The number of aromatic nitrogens is 2. The third-order valence-electron chi connectivity index (χ3n) is 2.33. The van der Waals surface area contributed by atoms with E-state index < -0.39 is 12.0 Å². The minimum Gasteiger partial charge on any atom is -0.480 e. The number of carboxylic acids is 1. The standard InChI is InChI=1S/C12H17N3O3S/c1-7(2)9-4-11(14-6-13-9)19-5-10(12(17)18)15-8(3)16/h4,6-7,10H,5H2,1-3H3,(H,15,16)(H,17,18). The zero-order valence-electron chi connectivity index (χ0n) is 11.1. The molecule has 0 aliphatic rings. The fourth-order valence-electron chi connectivity index (χ4n) is 1.34. The molecule has 1 unspecified atom stereocenters. The van der Waals surface area contributed by atoms with Crippen molar-refractivity contribution in [1.29, 1.82) is 0 Å². The van der Waals surface area contributed by atoms with E-state index in [4.69, 9.17) is 5.11 Å². The minimum atomic E-state index is -1.05. The van der Waals surface area contributed by atoms with Gasteiger partial charge in [-0.15, -0.1) is 11.8 Å². The highest BCUT2D eigenvalue weighted by Gasteiger charge is 2.18. The first kappa shape index (κ1) is 15.4. The Morgan fingerprint density at radius 2 is 2.11 bits per heavy atom. The van der Waals surface area contributed by atoms with Crippen LogP contribution in [0, 0.1) is 0 Å². The van der Waals surface area contributed by atoms with Crippen LogP contribution in [0.25, 0.3) is 0 Å². The Labute approximate surface area is 116 Å². The second-order valence-electron chi connectivity index (χ2n) is 4.34. The first-order valence-electron chi connectivity index (χ1n) is 5.84. The molecule has 1 aromatic heterocycles. The number of thioether (sulfide) groups is 1. The number of rotatable bonds is 6. The topological polar surface area (TPSA) is 92.2 Å². The highest BCUT2D eigenvalue weighted by Crippen LogP contribution is 2.19. The van der Waals surface area contributed by atoms with Gasteiger partial charge in [0.1, 0.15) is 12.4 Å². The van der Waals surface area contributed by atoms with Gasteiger partial charge in [-0.05, 0) is 12.0 Å². The van der Waals surface area contributed by atoms with Crippen molar-refractivity contribution >= 4 is 23.6 Å². The van der Waals surface area contributed by atoms with Crippen molar-refractivity contribution in [2.75, 3.05) is 5.75 Å². The monoisotopic (exact) mass is 283 g/mol. The number of hydrogen-bond acceptors (Lipinski definition) is 5. The average Bonchev–Trinajstić information content (AvgIpc) is 2.34. The molecule has 19 heavy (non-hydrogen) atoms. The smallest absolute Gasteiger partial charge is 0.327 e. The molecular formula is C12H17N3O3S. The van der Waals surface area contributed by atoms with Crippen LogP contribution in [0.2, 0.25) is 0 Å². The van der Waals surface area contributed by atoms with E-state index in [1.807, 2.05) is 19.9 Å². The van der Waals surface area contributed by atoms with Gasteiger partial charge in [0, 0.05) is 18.4 Å². The SMILES string of the molecule is CC(=O)NC(CSc1cc(C(C)C)ncn1)C(=O)O. The van der Waals surface area contributed by atoms with Gasteiger partial charge in [0.15, 0.2) is 0 Å². The van der Waals surface area contributed by atoms with E-state index >= 15 is 0 Å². The molecule has 7 heteroatoms. The number of aliphatic carboxylic acids is 1. The molecule has 0 aliphatic heterocycles. The van der Waals surface area contributed by atoms with Crippen molar-refractivity contribution in [2.45, 2.75) is 37.8 Å². The van der Waals surface area contributed by atoms with Gasteiger partial charge in [0.2, 0.25) is 5.91 Å². The Morgan fingerprint density at radius 1 is 1.42 bits per heavy atom. The van der Waals surface area contributed by atoms with Crippen molar-refractivity contribution in [3.05, 3.63) is 18.1 Å². The zero-order chi connectivity index (χ0) is 14.4. The number of amides is 1. The summed E-state index contributed by atoms with van der Waals surface area (Å²) >= 11 is 1.28. The fraction of sp³-hybridized carbons (Fsp3) is 0.500. The molecule has 0 radical (unpaired) electrons. The molecule has 0 fully saturated rings. The maximum atomic E-state index is 11.0. The van der Waals surface area contributed by atoms with Crippen LogP contribution in [-0.4, -0.2) is 38.7 Å². The van der Waals surface area contributed by atoms with Crippen LogP contribution in [0.4, 0.5) is 0 Å². The van der Waals surface area contributed by atoms with Crippen LogP contribution >= 0.6 is 11.8 Å². The molecular weight excluding hydrogens is 266 g/mol. The van der Waals surface area contributed by atoms with Gasteiger partial charge >= 0.3 is 5.97 Å². The maximum absolute atomic E-state index is 11.0. The summed E-state index contributed by atoms with van der Waals surface area (Å²) in [4.78, 5) is 30.1. The summed E-state index contributed by atoms with van der Waals surface area (Å²) in [7, 11) is 0. The third-order valence-corrected chi connectivity index (χ3v) is 3.35. The molecule has 104 valence electrons. The molecule has 6 nitrogen and oxygen atoms in total. The predicted octanol–water partition coefficient (Wildman–Crippen LogP) is 1.28. The summed E-state index contributed by atoms with van der Waals surface area (Å²) in [5.74, 6) is -0.906. The van der Waals surface area contributed by atoms with Gasteiger partial charge in [-0.25, -0.2) is 14.8 Å². The summed E-state index contributed by atoms with van der Waals surface area (Å²) in [6.45, 7) is 5.34. The van der Waals surface area contributed by atoms with E-state index in [0.717, 1.165) is 5.69 Å². The van der Waals surface area contributed by atoms with E-state index in [-0.39, 0.29) is 17.6 Å². The molecule has 0 saturated carbocycles. The Balaban J connectivity index is 2.66. The Bertz CT molecular complexity index is 465. The molecule has 0 bridgehead atoms. The first-order chi connectivity index (χ1) is 8.90. The average molecular weight is 283 g/mol. The summed E-state index contributed by atoms with van der Waals surface area (Å²) < 4.78 is 0. The van der Waals surface area contributed by atoms with Gasteiger partial charge < -0.3 is 10.4 Å². The molecule has 1 amide bonds. The largest absolute Gasteiger partial charge is 0.480 e. The minimum absolute atomic E-state index is 0.226. The van der Waals surface area contributed by atoms with Crippen molar-refractivity contribution in [3.63, 3.8) is 0 Å². The summed E-state index contributed by atoms with van der Waals surface area (Å²) in [6, 6.07) is 0.919. The van der Waals surface area contributed by atoms with Crippen LogP contribution in [0.5, 0.6) is 0 Å². The van der Waals surface area contributed by atoms with Gasteiger partial charge in [-0.1, -0.05) is 13.8 Å². The van der Waals surface area contributed by atoms with Crippen molar-refractivity contribution in [2.24, 2.45) is 0 Å². The van der Waals surface area contributed by atoms with Crippen LogP contribution in [0.1, 0.15) is 32.4 Å². The van der Waals surface area contributed by atoms with Crippen molar-refractivity contribution < 1.29 is 14.7 Å². The molecule has 0 saturated heterocycles. The van der Waals surface area contributed by atoms with Crippen LogP contribution in [-0.2, 0) is 9.59 Å². The second-order valence-corrected chi connectivity index (χ2v) is 5.38. The van der Waals surface area contributed by atoms with E-state index in [2.05, 4.69) is 15.3 Å². The summed E-state index contributed by atoms with van der Waals surface area (Å²) in [6.07, 6.45) is 1.46. The quantitative estimate of drug-likeness (QED) is 0.603. The van der Waals surface area contributed by atoms with E-state index in [9.17, 15) is 9.59 Å². The van der Waals surface area contributed by atoms with Crippen molar-refractivity contribution in [1.82, 2.24) is 15.3 Å². The second kappa shape index (κ2) is 7.08. The van der Waals surface area contributed by atoms with Gasteiger partial charge in [-0.2, -0.15) is 0 Å². The first-order valence-corrected chi connectivity index (χ1v) is 6.83. The molecule has 1 rings (SSSR count). The van der Waals surface area contributed by atoms with Gasteiger partial charge in [0.05, 0.1) is 5.03 Å². The third kappa shape index (κ3) is 5.25. The Morgan fingerprint density at radius 3 is 2.63 bits per heavy atom. The molecule has 0 spiro atoms. The van der Waals surface area contributed by atoms with Crippen molar-refractivity contribution in [3.8, 4) is 0 Å². The lowest BCUT2D eigenvalue weighted by atomic mass is 10.1. The molecule has 1 atom stereocenters. The normalized spacial score (nSPS) is 12.2. The van der Waals surface area contributed by atoms with Crippen LogP contribution < -0.4 is 5.32 Å². The summed E-state index contributed by atoms with van der Waals surface area (Å²) in [5.41, 5.74) is 0.906. The van der Waals surface area contributed by atoms with Crippen LogP contribution in [0.15, 0.2) is 17.4 Å². The lowest BCUT2D eigenvalue weighted by Crippen LogP contribution is -2.41. The van der Waals surface area contributed by atoms with E-state index in [0.29, 0.717) is 5.03 Å². The number of nitrogens with zero attached hydrogens (tertiary/aromatic N) is 2. The number of hydrogen-bond donors (Lipinski definition) is 2. The predicted molar refractivity (Wildman–Crippen MR) is 72.1 cm³/mol. The number of carbonyl (C=O) groups is 2. The number of carbonyl (C=O) groups excluding carboxylic acids is 1. The fourth-order valence-corrected chi connectivity index (χ4v) is 2.23. The number of carboxylic acid groups (broad SMARTS) is 1. The zero-order valence-corrected chi connectivity index (χ0v) is 11.9. The maximum Gasteiger partial charge on any atom is 0.327 e. The molecule has 1 aromatic rings. The highest BCUT2D eigenvalue weighted by atomic mass is 32.2. The van der Waals surface area contributed by atoms with E-state index in [1.54, 1.807) is 0 Å². The molecule has 1 heterocycles. The Hall–Kier alpha value is -1.63. The van der Waals surface area contributed by atoms with Gasteiger partial charge in [0.25, 0.3) is 0 Å². The Kier molecular flexibility index (Phi) is 5.75. The van der Waals surface area contributed by atoms with Gasteiger partial charge in [-0.3, -0.25) is 4.79 Å². The highest BCUT2D eigenvalue weighted by molar-refractivity contribution is 7.99. The molecule has 0 aliphatic carbocycles. The lowest BCUT2D eigenvalue weighted by molar-refractivity contribution is -0.140. The summed E-state index contributed by atoms with van der Waals surface area (Å²) in [5, 5.41) is 12.1. The number of nitrogens with one attached hydrogen (secondary N) is 1. The van der Waals surface area contributed by atoms with E-state index in [1.165, 1.54) is 25.0 Å².